The first-order valence-electron chi connectivity index (χ1n) is 6.27. The number of thiophene rings is 1. The first-order valence-corrected chi connectivity index (χ1v) is 7.09. The first kappa shape index (κ1) is 14.2. The summed E-state index contributed by atoms with van der Waals surface area (Å²) < 4.78 is 0. The van der Waals surface area contributed by atoms with Gasteiger partial charge in [0.15, 0.2) is 5.00 Å². The SMILES string of the molecule is C[C@@H](O)c1cc([N+](=O)[O-])c(N2CCC(N(C)C)C2)s1. The molecule has 6 nitrogen and oxygen atoms in total. The summed E-state index contributed by atoms with van der Waals surface area (Å²) in [5.74, 6) is 0. The zero-order valence-corrected chi connectivity index (χ0v) is 12.2. The van der Waals surface area contributed by atoms with E-state index in [9.17, 15) is 15.2 Å². The van der Waals surface area contributed by atoms with Gasteiger partial charge < -0.3 is 14.9 Å². The van der Waals surface area contributed by atoms with Gasteiger partial charge in [-0.3, -0.25) is 10.1 Å². The van der Waals surface area contributed by atoms with Crippen molar-refractivity contribution in [2.24, 2.45) is 0 Å². The Kier molecular flexibility index (Phi) is 4.07. The zero-order chi connectivity index (χ0) is 14.2. The van der Waals surface area contributed by atoms with Gasteiger partial charge in [-0.2, -0.15) is 0 Å². The molecule has 0 aromatic carbocycles. The Labute approximate surface area is 116 Å². The summed E-state index contributed by atoms with van der Waals surface area (Å²) in [5, 5.41) is 21.4. The molecule has 0 amide bonds. The topological polar surface area (TPSA) is 69.8 Å². The Bertz CT molecular complexity index is 473. The van der Waals surface area contributed by atoms with Crippen molar-refractivity contribution < 1.29 is 10.0 Å². The van der Waals surface area contributed by atoms with Crippen LogP contribution < -0.4 is 4.90 Å². The van der Waals surface area contributed by atoms with Crippen molar-refractivity contribution in [1.82, 2.24) is 4.90 Å². The van der Waals surface area contributed by atoms with Crippen molar-refractivity contribution in [2.45, 2.75) is 25.5 Å². The standard InChI is InChI=1S/C12H19N3O3S/c1-8(16)11-6-10(15(17)18)12(19-11)14-5-4-9(7-14)13(2)3/h6,8-9,16H,4-5,7H2,1-3H3/t8-,9?/m1/s1. The van der Waals surface area contributed by atoms with Crippen LogP contribution in [-0.4, -0.2) is 48.2 Å². The summed E-state index contributed by atoms with van der Waals surface area (Å²) in [6, 6.07) is 1.92. The fraction of sp³-hybridized carbons (Fsp3) is 0.667. The summed E-state index contributed by atoms with van der Waals surface area (Å²) in [6.07, 6.45) is 0.344. The number of rotatable bonds is 4. The molecule has 0 spiro atoms. The normalized spacial score (nSPS) is 21.1. The van der Waals surface area contributed by atoms with Crippen LogP contribution in [0.25, 0.3) is 0 Å². The van der Waals surface area contributed by atoms with Crippen LogP contribution in [0.2, 0.25) is 0 Å². The average Bonchev–Trinajstić information content (AvgIpc) is 2.95. The summed E-state index contributed by atoms with van der Waals surface area (Å²) in [5.41, 5.74) is 0.111. The largest absolute Gasteiger partial charge is 0.388 e. The maximum atomic E-state index is 11.1. The monoisotopic (exact) mass is 285 g/mol. The minimum atomic E-state index is -0.662. The Balaban J connectivity index is 2.26. The van der Waals surface area contributed by atoms with Crippen molar-refractivity contribution >= 4 is 22.0 Å². The second-order valence-corrected chi connectivity index (χ2v) is 6.19. The van der Waals surface area contributed by atoms with Gasteiger partial charge in [-0.15, -0.1) is 11.3 Å². The maximum Gasteiger partial charge on any atom is 0.304 e. The van der Waals surface area contributed by atoms with E-state index in [4.69, 9.17) is 0 Å². The minimum Gasteiger partial charge on any atom is -0.388 e. The molecular formula is C12H19N3O3S. The molecule has 2 heterocycles. The Hall–Kier alpha value is -1.18. The van der Waals surface area contributed by atoms with Crippen molar-refractivity contribution in [1.29, 1.82) is 0 Å². The molecule has 1 aliphatic heterocycles. The van der Waals surface area contributed by atoms with Crippen LogP contribution >= 0.6 is 11.3 Å². The highest BCUT2D eigenvalue weighted by atomic mass is 32.1. The second-order valence-electron chi connectivity index (χ2n) is 5.12. The van der Waals surface area contributed by atoms with Gasteiger partial charge >= 0.3 is 5.69 Å². The third kappa shape index (κ3) is 2.88. The molecule has 0 radical (unpaired) electrons. The number of nitro groups is 1. The van der Waals surface area contributed by atoms with Crippen molar-refractivity contribution in [3.8, 4) is 0 Å². The first-order chi connectivity index (χ1) is 8.90. The molecule has 1 saturated heterocycles. The summed E-state index contributed by atoms with van der Waals surface area (Å²) in [6.45, 7) is 3.25. The predicted molar refractivity (Wildman–Crippen MR) is 75.9 cm³/mol. The fourth-order valence-electron chi connectivity index (χ4n) is 2.30. The van der Waals surface area contributed by atoms with Crippen LogP contribution in [0, 0.1) is 10.1 Å². The lowest BCUT2D eigenvalue weighted by atomic mass is 10.2. The average molecular weight is 285 g/mol. The molecule has 2 atom stereocenters. The van der Waals surface area contributed by atoms with Crippen molar-refractivity contribution in [3.05, 3.63) is 21.1 Å². The molecule has 0 aliphatic carbocycles. The number of likely N-dealkylation sites (N-methyl/N-ethyl adjacent to an activating group) is 1. The summed E-state index contributed by atoms with van der Waals surface area (Å²) >= 11 is 1.32. The van der Waals surface area contributed by atoms with Gasteiger partial charge in [0.25, 0.3) is 0 Å². The van der Waals surface area contributed by atoms with E-state index in [0.29, 0.717) is 15.9 Å². The number of nitrogens with zero attached hydrogens (tertiary/aromatic N) is 3. The lowest BCUT2D eigenvalue weighted by molar-refractivity contribution is -0.383. The molecule has 2 rings (SSSR count). The van der Waals surface area contributed by atoms with E-state index in [1.165, 1.54) is 17.4 Å². The number of aliphatic hydroxyl groups excluding tert-OH is 1. The molecule has 19 heavy (non-hydrogen) atoms. The van der Waals surface area contributed by atoms with Crippen LogP contribution in [0.15, 0.2) is 6.07 Å². The number of anilines is 1. The van der Waals surface area contributed by atoms with Crippen molar-refractivity contribution in [3.63, 3.8) is 0 Å². The molecule has 1 aromatic heterocycles. The van der Waals surface area contributed by atoms with E-state index in [1.807, 2.05) is 14.1 Å². The van der Waals surface area contributed by atoms with E-state index in [-0.39, 0.29) is 10.6 Å². The van der Waals surface area contributed by atoms with E-state index in [0.717, 1.165) is 19.5 Å². The zero-order valence-electron chi connectivity index (χ0n) is 11.4. The number of hydrogen-bond acceptors (Lipinski definition) is 6. The quantitative estimate of drug-likeness (QED) is 0.675. The van der Waals surface area contributed by atoms with Crippen LogP contribution in [0.1, 0.15) is 24.3 Å². The lowest BCUT2D eigenvalue weighted by Crippen LogP contribution is -2.31. The third-order valence-corrected chi connectivity index (χ3v) is 4.86. The van der Waals surface area contributed by atoms with Crippen molar-refractivity contribution in [2.75, 3.05) is 32.1 Å². The maximum absolute atomic E-state index is 11.1. The summed E-state index contributed by atoms with van der Waals surface area (Å²) in [7, 11) is 4.05. The van der Waals surface area contributed by atoms with Gasteiger partial charge in [0.2, 0.25) is 0 Å². The lowest BCUT2D eigenvalue weighted by Gasteiger charge is -2.20. The van der Waals surface area contributed by atoms with Gasteiger partial charge in [-0.05, 0) is 27.4 Å². The Morgan fingerprint density at radius 1 is 1.63 bits per heavy atom. The van der Waals surface area contributed by atoms with Crippen LogP contribution in [-0.2, 0) is 0 Å². The van der Waals surface area contributed by atoms with Gasteiger partial charge in [0, 0.05) is 30.1 Å². The van der Waals surface area contributed by atoms with Crippen LogP contribution in [0.3, 0.4) is 0 Å². The molecule has 1 unspecified atom stereocenters. The van der Waals surface area contributed by atoms with Crippen LogP contribution in [0.4, 0.5) is 10.7 Å². The highest BCUT2D eigenvalue weighted by Crippen LogP contribution is 2.41. The Morgan fingerprint density at radius 3 is 2.79 bits per heavy atom. The molecule has 0 bridgehead atoms. The summed E-state index contributed by atoms with van der Waals surface area (Å²) in [4.78, 5) is 15.6. The van der Waals surface area contributed by atoms with Crippen LogP contribution in [0.5, 0.6) is 0 Å². The number of aliphatic hydroxyl groups is 1. The second kappa shape index (κ2) is 5.44. The van der Waals surface area contributed by atoms with Gasteiger partial charge in [0.1, 0.15) is 0 Å². The molecule has 1 N–H and O–H groups in total. The molecule has 0 saturated carbocycles. The van der Waals surface area contributed by atoms with E-state index in [1.54, 1.807) is 6.92 Å². The molecule has 106 valence electrons. The smallest absolute Gasteiger partial charge is 0.304 e. The van der Waals surface area contributed by atoms with Gasteiger partial charge in [-0.25, -0.2) is 0 Å². The van der Waals surface area contributed by atoms with E-state index >= 15 is 0 Å². The van der Waals surface area contributed by atoms with E-state index in [2.05, 4.69) is 9.80 Å². The molecule has 1 fully saturated rings. The van der Waals surface area contributed by atoms with Gasteiger partial charge in [-0.1, -0.05) is 0 Å². The minimum absolute atomic E-state index is 0.111. The molecule has 7 heteroatoms. The molecule has 1 aromatic rings. The molecular weight excluding hydrogens is 266 g/mol. The number of hydrogen-bond donors (Lipinski definition) is 1. The predicted octanol–water partition coefficient (Wildman–Crippen LogP) is 1.85. The van der Waals surface area contributed by atoms with Gasteiger partial charge in [0.05, 0.1) is 11.0 Å². The Morgan fingerprint density at radius 2 is 2.32 bits per heavy atom. The third-order valence-electron chi connectivity index (χ3n) is 3.50. The molecule has 1 aliphatic rings. The fourth-order valence-corrected chi connectivity index (χ4v) is 3.40. The highest BCUT2D eigenvalue weighted by Gasteiger charge is 2.31. The highest BCUT2D eigenvalue weighted by molar-refractivity contribution is 7.16. The van der Waals surface area contributed by atoms with E-state index < -0.39 is 6.10 Å².